The average Bonchev–Trinajstić information content (AvgIpc) is 2.09. The van der Waals surface area contributed by atoms with Crippen molar-refractivity contribution in [2.24, 2.45) is 10.5 Å². The summed E-state index contributed by atoms with van der Waals surface area (Å²) in [4.78, 5) is 10.6. The summed E-state index contributed by atoms with van der Waals surface area (Å²) >= 11 is 0. The van der Waals surface area contributed by atoms with E-state index in [1.165, 1.54) is 0 Å². The van der Waals surface area contributed by atoms with Gasteiger partial charge in [-0.25, -0.2) is 0 Å². The lowest BCUT2D eigenvalue weighted by atomic mass is 9.89. The molecule has 0 aromatic rings. The molecule has 0 aliphatic carbocycles. The smallest absolute Gasteiger partial charge is 0.133 e. The number of carbonyl (C=O) groups excluding carboxylic acids is 1. The molecule has 1 unspecified atom stereocenters. The van der Waals surface area contributed by atoms with Crippen molar-refractivity contribution in [3.63, 3.8) is 0 Å². The second kappa shape index (κ2) is 2.08. The van der Waals surface area contributed by atoms with Crippen LogP contribution in [0.5, 0.6) is 0 Å². The van der Waals surface area contributed by atoms with Crippen LogP contribution in [-0.4, -0.2) is 30.6 Å². The van der Waals surface area contributed by atoms with E-state index in [0.717, 1.165) is 12.0 Å². The third kappa shape index (κ3) is 0.916. The van der Waals surface area contributed by atoms with Crippen molar-refractivity contribution >= 4 is 12.0 Å². The Balaban J connectivity index is 2.85. The van der Waals surface area contributed by atoms with Gasteiger partial charge >= 0.3 is 0 Å². The zero-order valence-corrected chi connectivity index (χ0v) is 6.59. The van der Waals surface area contributed by atoms with Gasteiger partial charge in [-0.15, -0.1) is 0 Å². The molecule has 1 aliphatic heterocycles. The van der Waals surface area contributed by atoms with Gasteiger partial charge in [0.15, 0.2) is 0 Å². The summed E-state index contributed by atoms with van der Waals surface area (Å²) in [6, 6.07) is 0. The molecule has 0 amide bonds. The summed E-state index contributed by atoms with van der Waals surface area (Å²) in [6.45, 7) is 4.50. The standard InChI is InChI=1S/C7H12N2O/c1-6-7(2,5-10)4-9(3)8-6/h5H,4H2,1-3H3. The summed E-state index contributed by atoms with van der Waals surface area (Å²) in [7, 11) is 1.87. The second-order valence-corrected chi connectivity index (χ2v) is 3.04. The highest BCUT2D eigenvalue weighted by Gasteiger charge is 2.33. The van der Waals surface area contributed by atoms with E-state index >= 15 is 0 Å². The van der Waals surface area contributed by atoms with E-state index in [4.69, 9.17) is 0 Å². The monoisotopic (exact) mass is 140 g/mol. The summed E-state index contributed by atoms with van der Waals surface area (Å²) in [6.07, 6.45) is 0.968. The van der Waals surface area contributed by atoms with E-state index in [1.807, 2.05) is 20.9 Å². The molecule has 0 N–H and O–H groups in total. The fourth-order valence-electron chi connectivity index (χ4n) is 1.12. The van der Waals surface area contributed by atoms with Crippen LogP contribution in [0.3, 0.4) is 0 Å². The first-order chi connectivity index (χ1) is 4.58. The van der Waals surface area contributed by atoms with Crippen LogP contribution in [0.15, 0.2) is 5.10 Å². The number of hydrogen-bond donors (Lipinski definition) is 0. The highest BCUT2D eigenvalue weighted by Crippen LogP contribution is 2.22. The van der Waals surface area contributed by atoms with E-state index in [1.54, 1.807) is 5.01 Å². The molecule has 0 bridgehead atoms. The van der Waals surface area contributed by atoms with Gasteiger partial charge in [0.05, 0.1) is 12.0 Å². The molecule has 1 rings (SSSR count). The number of rotatable bonds is 1. The lowest BCUT2D eigenvalue weighted by Crippen LogP contribution is -2.29. The molecule has 1 heterocycles. The van der Waals surface area contributed by atoms with E-state index in [0.29, 0.717) is 6.54 Å². The van der Waals surface area contributed by atoms with E-state index in [2.05, 4.69) is 5.10 Å². The SMILES string of the molecule is CC1=NN(C)CC1(C)C=O. The van der Waals surface area contributed by atoms with Crippen LogP contribution >= 0.6 is 0 Å². The van der Waals surface area contributed by atoms with Gasteiger partial charge in [0, 0.05) is 12.8 Å². The third-order valence-corrected chi connectivity index (χ3v) is 1.96. The second-order valence-electron chi connectivity index (χ2n) is 3.04. The number of hydrogen-bond acceptors (Lipinski definition) is 3. The maximum absolute atomic E-state index is 10.6. The Morgan fingerprint density at radius 1 is 1.80 bits per heavy atom. The predicted octanol–water partition coefficient (Wildman–Crippen LogP) is 0.513. The van der Waals surface area contributed by atoms with Crippen LogP contribution in [0, 0.1) is 5.41 Å². The Labute approximate surface area is 60.7 Å². The molecular formula is C7H12N2O. The maximum atomic E-state index is 10.6. The topological polar surface area (TPSA) is 32.7 Å². The molecule has 3 heteroatoms. The first-order valence-corrected chi connectivity index (χ1v) is 3.31. The van der Waals surface area contributed by atoms with Crippen LogP contribution < -0.4 is 0 Å². The Kier molecular flexibility index (Phi) is 1.50. The first-order valence-electron chi connectivity index (χ1n) is 3.31. The molecule has 0 saturated carbocycles. The average molecular weight is 140 g/mol. The van der Waals surface area contributed by atoms with Crippen LogP contribution in [0.4, 0.5) is 0 Å². The highest BCUT2D eigenvalue weighted by molar-refractivity contribution is 6.01. The molecule has 10 heavy (non-hydrogen) atoms. The number of carbonyl (C=O) groups is 1. The largest absolute Gasteiger partial charge is 0.302 e. The summed E-state index contributed by atoms with van der Waals surface area (Å²) in [5, 5.41) is 5.93. The minimum Gasteiger partial charge on any atom is -0.302 e. The molecule has 0 saturated heterocycles. The summed E-state index contributed by atoms with van der Waals surface area (Å²) in [5.74, 6) is 0. The van der Waals surface area contributed by atoms with Crippen molar-refractivity contribution in [1.82, 2.24) is 5.01 Å². The predicted molar refractivity (Wildman–Crippen MR) is 39.9 cm³/mol. The zero-order valence-electron chi connectivity index (χ0n) is 6.59. The van der Waals surface area contributed by atoms with Gasteiger partial charge < -0.3 is 4.79 Å². The van der Waals surface area contributed by atoms with Crippen molar-refractivity contribution in [2.75, 3.05) is 13.6 Å². The molecule has 0 radical (unpaired) electrons. The van der Waals surface area contributed by atoms with Crippen LogP contribution in [0.25, 0.3) is 0 Å². The normalized spacial score (nSPS) is 32.3. The van der Waals surface area contributed by atoms with Crippen molar-refractivity contribution in [1.29, 1.82) is 0 Å². The highest BCUT2D eigenvalue weighted by atomic mass is 16.1. The van der Waals surface area contributed by atoms with Gasteiger partial charge in [-0.1, -0.05) is 0 Å². The Hall–Kier alpha value is -0.860. The van der Waals surface area contributed by atoms with Crippen LogP contribution in [0.1, 0.15) is 13.8 Å². The first kappa shape index (κ1) is 7.25. The zero-order chi connectivity index (χ0) is 7.78. The molecule has 3 nitrogen and oxygen atoms in total. The van der Waals surface area contributed by atoms with Gasteiger partial charge in [0.1, 0.15) is 6.29 Å². The van der Waals surface area contributed by atoms with E-state index < -0.39 is 0 Å². The van der Waals surface area contributed by atoms with Gasteiger partial charge in [0.2, 0.25) is 0 Å². The fraction of sp³-hybridized carbons (Fsp3) is 0.714. The minimum absolute atomic E-state index is 0.339. The van der Waals surface area contributed by atoms with Gasteiger partial charge in [-0.2, -0.15) is 5.10 Å². The van der Waals surface area contributed by atoms with Crippen molar-refractivity contribution < 1.29 is 4.79 Å². The number of aldehydes is 1. The molecule has 0 aromatic carbocycles. The molecule has 0 fully saturated rings. The van der Waals surface area contributed by atoms with Gasteiger partial charge in [-0.3, -0.25) is 5.01 Å². The third-order valence-electron chi connectivity index (χ3n) is 1.96. The number of nitrogens with zero attached hydrogens (tertiary/aromatic N) is 2. The van der Waals surface area contributed by atoms with Crippen LogP contribution in [-0.2, 0) is 4.79 Å². The van der Waals surface area contributed by atoms with Crippen molar-refractivity contribution in [3.8, 4) is 0 Å². The molecular weight excluding hydrogens is 128 g/mol. The summed E-state index contributed by atoms with van der Waals surface area (Å²) < 4.78 is 0. The van der Waals surface area contributed by atoms with Crippen molar-refractivity contribution in [3.05, 3.63) is 0 Å². The molecule has 0 aromatic heterocycles. The van der Waals surface area contributed by atoms with E-state index in [-0.39, 0.29) is 5.41 Å². The van der Waals surface area contributed by atoms with Crippen molar-refractivity contribution in [2.45, 2.75) is 13.8 Å². The Morgan fingerprint density at radius 2 is 2.40 bits per heavy atom. The summed E-state index contributed by atoms with van der Waals surface area (Å²) in [5.41, 5.74) is 0.569. The van der Waals surface area contributed by atoms with E-state index in [9.17, 15) is 4.79 Å². The Bertz CT molecular complexity index is 188. The fourth-order valence-corrected chi connectivity index (χ4v) is 1.12. The Morgan fingerprint density at radius 3 is 2.60 bits per heavy atom. The molecule has 1 aliphatic rings. The lowest BCUT2D eigenvalue weighted by Gasteiger charge is -2.15. The molecule has 0 spiro atoms. The van der Waals surface area contributed by atoms with Gasteiger partial charge in [-0.05, 0) is 13.8 Å². The van der Waals surface area contributed by atoms with Crippen LogP contribution in [0.2, 0.25) is 0 Å². The minimum atomic E-state index is -0.339. The molecule has 56 valence electrons. The molecule has 1 atom stereocenters. The number of hydrazone groups is 1. The van der Waals surface area contributed by atoms with Gasteiger partial charge in [0.25, 0.3) is 0 Å². The maximum Gasteiger partial charge on any atom is 0.133 e. The quantitative estimate of drug-likeness (QED) is 0.497. The lowest BCUT2D eigenvalue weighted by molar-refractivity contribution is -0.112.